The molecule has 2 amide bonds. The number of imide groups is 1. The lowest BCUT2D eigenvalue weighted by atomic mass is 9.83. The van der Waals surface area contributed by atoms with E-state index in [9.17, 15) is 9.59 Å². The largest absolute Gasteiger partial charge is 0.447 e. The Morgan fingerprint density at radius 1 is 1.24 bits per heavy atom. The number of rotatable bonds is 8. The molecular formula is C23H27ClN2O3. The number of carbonyl (C=O) groups is 2. The number of unbranched alkanes of at least 4 members (excludes halogenated alkanes) is 1. The lowest BCUT2D eigenvalue weighted by molar-refractivity contribution is -0.129. The molecule has 0 N–H and O–H groups in total. The average molecular weight is 415 g/mol. The summed E-state index contributed by atoms with van der Waals surface area (Å²) in [5.74, 6) is -0.160. The van der Waals surface area contributed by atoms with Gasteiger partial charge in [0.2, 0.25) is 5.91 Å². The topological polar surface area (TPSA) is 59.5 Å². The molecule has 1 saturated heterocycles. The van der Waals surface area contributed by atoms with E-state index in [0.717, 1.165) is 24.1 Å². The summed E-state index contributed by atoms with van der Waals surface area (Å²) in [6, 6.07) is 13.3. The highest BCUT2D eigenvalue weighted by molar-refractivity contribution is 6.30. The van der Waals surface area contributed by atoms with Crippen molar-refractivity contribution < 1.29 is 14.3 Å². The number of hydrogen-bond acceptors (Lipinski definition) is 4. The standard InChI is InChI=1S/C23H27ClN2O3/c1-23(2,20-15-18(24)11-13-25-20)12-7-6-10-21(27)26-19(16-29-22(26)28)14-17-8-4-3-5-9-17/h3-5,8-9,11,13,15,19H,6-7,10,12,14,16H2,1-2H3/t19-/m1/s1. The first-order chi connectivity index (χ1) is 13.9. The second-order valence-corrected chi connectivity index (χ2v) is 8.57. The molecule has 1 atom stereocenters. The van der Waals surface area contributed by atoms with Gasteiger partial charge in [-0.1, -0.05) is 62.2 Å². The van der Waals surface area contributed by atoms with Gasteiger partial charge in [0.25, 0.3) is 0 Å². The molecule has 0 spiro atoms. The van der Waals surface area contributed by atoms with Gasteiger partial charge in [0.05, 0.1) is 6.04 Å². The van der Waals surface area contributed by atoms with Crippen LogP contribution < -0.4 is 0 Å². The molecule has 1 fully saturated rings. The van der Waals surface area contributed by atoms with Crippen molar-refractivity contribution in [2.24, 2.45) is 0 Å². The van der Waals surface area contributed by atoms with E-state index in [0.29, 0.717) is 24.3 Å². The predicted molar refractivity (Wildman–Crippen MR) is 113 cm³/mol. The molecule has 6 heteroatoms. The van der Waals surface area contributed by atoms with Crippen LogP contribution >= 0.6 is 11.6 Å². The summed E-state index contributed by atoms with van der Waals surface area (Å²) in [6.45, 7) is 4.51. The van der Waals surface area contributed by atoms with Crippen LogP contribution in [-0.2, 0) is 21.4 Å². The fourth-order valence-electron chi connectivity index (χ4n) is 3.67. The minimum absolute atomic E-state index is 0.129. The van der Waals surface area contributed by atoms with E-state index >= 15 is 0 Å². The minimum Gasteiger partial charge on any atom is -0.447 e. The van der Waals surface area contributed by atoms with Gasteiger partial charge < -0.3 is 4.74 Å². The number of halogens is 1. The van der Waals surface area contributed by atoms with Crippen LogP contribution in [-0.4, -0.2) is 34.5 Å². The van der Waals surface area contributed by atoms with Crippen LogP contribution in [0.5, 0.6) is 0 Å². The molecule has 5 nitrogen and oxygen atoms in total. The zero-order valence-corrected chi connectivity index (χ0v) is 17.7. The van der Waals surface area contributed by atoms with Crippen molar-refractivity contribution in [1.82, 2.24) is 9.88 Å². The Kier molecular flexibility index (Phi) is 6.91. The quantitative estimate of drug-likeness (QED) is 0.559. The van der Waals surface area contributed by atoms with E-state index in [1.54, 1.807) is 12.3 Å². The normalized spacial score (nSPS) is 16.7. The van der Waals surface area contributed by atoms with Gasteiger partial charge in [-0.05, 0) is 37.0 Å². The molecule has 29 heavy (non-hydrogen) atoms. The molecule has 1 aromatic carbocycles. The number of nitrogens with zero attached hydrogens (tertiary/aromatic N) is 2. The van der Waals surface area contributed by atoms with Gasteiger partial charge in [-0.15, -0.1) is 0 Å². The Morgan fingerprint density at radius 3 is 2.72 bits per heavy atom. The van der Waals surface area contributed by atoms with Crippen LogP contribution in [0.4, 0.5) is 4.79 Å². The third-order valence-corrected chi connectivity index (χ3v) is 5.64. The Morgan fingerprint density at radius 2 is 2.00 bits per heavy atom. The molecule has 0 aliphatic carbocycles. The number of hydrogen-bond donors (Lipinski definition) is 0. The van der Waals surface area contributed by atoms with Crippen LogP contribution in [0.1, 0.15) is 50.8 Å². The number of benzene rings is 1. The predicted octanol–water partition coefficient (Wildman–Crippen LogP) is 5.16. The molecule has 0 bridgehead atoms. The first-order valence-corrected chi connectivity index (χ1v) is 10.4. The molecule has 2 heterocycles. The maximum atomic E-state index is 12.7. The van der Waals surface area contributed by atoms with E-state index in [4.69, 9.17) is 16.3 Å². The second kappa shape index (κ2) is 9.40. The molecule has 3 rings (SSSR count). The van der Waals surface area contributed by atoms with Crippen LogP contribution in [0, 0.1) is 0 Å². The van der Waals surface area contributed by atoms with Gasteiger partial charge in [0.1, 0.15) is 6.61 Å². The van der Waals surface area contributed by atoms with Crippen LogP contribution in [0.15, 0.2) is 48.7 Å². The van der Waals surface area contributed by atoms with Crippen molar-refractivity contribution in [3.05, 3.63) is 64.9 Å². The summed E-state index contributed by atoms with van der Waals surface area (Å²) in [7, 11) is 0. The summed E-state index contributed by atoms with van der Waals surface area (Å²) >= 11 is 6.08. The summed E-state index contributed by atoms with van der Waals surface area (Å²) in [5, 5.41) is 0.676. The van der Waals surface area contributed by atoms with E-state index in [2.05, 4.69) is 18.8 Å². The molecule has 1 aliphatic heterocycles. The molecule has 1 aliphatic rings. The molecule has 1 aromatic heterocycles. The summed E-state index contributed by atoms with van der Waals surface area (Å²) in [5.41, 5.74) is 1.91. The maximum absolute atomic E-state index is 12.7. The van der Waals surface area contributed by atoms with Gasteiger partial charge in [-0.2, -0.15) is 0 Å². The monoisotopic (exact) mass is 414 g/mol. The third-order valence-electron chi connectivity index (χ3n) is 5.40. The number of amides is 2. The van der Waals surface area contributed by atoms with Crippen molar-refractivity contribution in [2.45, 2.75) is 57.4 Å². The molecule has 0 saturated carbocycles. The minimum atomic E-state index is -0.528. The number of pyridine rings is 1. The fourth-order valence-corrected chi connectivity index (χ4v) is 3.83. The fraction of sp³-hybridized carbons (Fsp3) is 0.435. The number of cyclic esters (lactones) is 1. The Labute approximate surface area is 177 Å². The summed E-state index contributed by atoms with van der Waals surface area (Å²) in [4.78, 5) is 30.5. The van der Waals surface area contributed by atoms with Gasteiger partial charge in [0.15, 0.2) is 0 Å². The second-order valence-electron chi connectivity index (χ2n) is 8.13. The zero-order chi connectivity index (χ0) is 20.9. The van der Waals surface area contributed by atoms with Crippen molar-refractivity contribution in [3.8, 4) is 0 Å². The first kappa shape index (κ1) is 21.3. The van der Waals surface area contributed by atoms with Gasteiger partial charge in [-0.25, -0.2) is 9.69 Å². The number of ether oxygens (including phenoxy) is 1. The highest BCUT2D eigenvalue weighted by atomic mass is 35.5. The van der Waals surface area contributed by atoms with E-state index < -0.39 is 6.09 Å². The highest BCUT2D eigenvalue weighted by Crippen LogP contribution is 2.29. The highest BCUT2D eigenvalue weighted by Gasteiger charge is 2.37. The van der Waals surface area contributed by atoms with E-state index in [1.165, 1.54) is 4.90 Å². The van der Waals surface area contributed by atoms with Crippen LogP contribution in [0.3, 0.4) is 0 Å². The lowest BCUT2D eigenvalue weighted by Gasteiger charge is -2.24. The summed E-state index contributed by atoms with van der Waals surface area (Å²) < 4.78 is 5.15. The zero-order valence-electron chi connectivity index (χ0n) is 16.9. The van der Waals surface area contributed by atoms with E-state index in [-0.39, 0.29) is 24.0 Å². The molecular weight excluding hydrogens is 388 g/mol. The molecule has 0 radical (unpaired) electrons. The van der Waals surface area contributed by atoms with Crippen molar-refractivity contribution in [1.29, 1.82) is 0 Å². The molecule has 154 valence electrons. The van der Waals surface area contributed by atoms with Gasteiger partial charge in [0, 0.05) is 28.7 Å². The third kappa shape index (κ3) is 5.57. The Hall–Kier alpha value is -2.40. The smallest absolute Gasteiger partial charge is 0.416 e. The van der Waals surface area contributed by atoms with Crippen molar-refractivity contribution in [3.63, 3.8) is 0 Å². The lowest BCUT2D eigenvalue weighted by Crippen LogP contribution is -2.40. The SMILES string of the molecule is CC(C)(CCCCC(=O)N1C(=O)OC[C@H]1Cc1ccccc1)c1cc(Cl)ccn1. The maximum Gasteiger partial charge on any atom is 0.416 e. The number of carbonyl (C=O) groups excluding carboxylic acids is 2. The first-order valence-electron chi connectivity index (χ1n) is 10.0. The van der Waals surface area contributed by atoms with E-state index in [1.807, 2.05) is 36.4 Å². The summed E-state index contributed by atoms with van der Waals surface area (Å²) in [6.07, 6.45) is 4.59. The number of aromatic nitrogens is 1. The molecule has 2 aromatic rings. The van der Waals surface area contributed by atoms with Gasteiger partial charge >= 0.3 is 6.09 Å². The Balaban J connectivity index is 1.51. The van der Waals surface area contributed by atoms with Crippen molar-refractivity contribution >= 4 is 23.6 Å². The van der Waals surface area contributed by atoms with Crippen LogP contribution in [0.2, 0.25) is 5.02 Å². The average Bonchev–Trinajstić information content (AvgIpc) is 3.06. The van der Waals surface area contributed by atoms with Crippen molar-refractivity contribution in [2.75, 3.05) is 6.61 Å². The molecule has 0 unspecified atom stereocenters. The van der Waals surface area contributed by atoms with Crippen LogP contribution in [0.25, 0.3) is 0 Å². The van der Waals surface area contributed by atoms with Gasteiger partial charge in [-0.3, -0.25) is 9.78 Å². The Bertz CT molecular complexity index is 854.